The average Bonchev–Trinajstić information content (AvgIpc) is 3.12. The zero-order valence-electron chi connectivity index (χ0n) is 19.2. The molecule has 0 atom stereocenters. The van der Waals surface area contributed by atoms with E-state index in [-0.39, 0.29) is 23.8 Å². The number of carbonyl (C=O) groups is 3. The lowest BCUT2D eigenvalue weighted by atomic mass is 9.98. The van der Waals surface area contributed by atoms with Gasteiger partial charge in [0.05, 0.1) is 11.3 Å². The first-order chi connectivity index (χ1) is 16.2. The van der Waals surface area contributed by atoms with Crippen molar-refractivity contribution in [1.29, 1.82) is 0 Å². The normalized spacial score (nSPS) is 12.4. The van der Waals surface area contributed by atoms with Gasteiger partial charge in [0.25, 0.3) is 5.91 Å². The minimum absolute atomic E-state index is 0.0877. The first-order valence-electron chi connectivity index (χ1n) is 11.0. The van der Waals surface area contributed by atoms with Gasteiger partial charge >= 0.3 is 12.1 Å². The van der Waals surface area contributed by atoms with Crippen molar-refractivity contribution < 1.29 is 24.2 Å². The number of fused-ring (bicyclic) bond motifs is 3. The second-order valence-electron chi connectivity index (χ2n) is 8.88. The molecular formula is C27H26N2O5. The molecule has 1 aliphatic rings. The third-order valence-electron chi connectivity index (χ3n) is 5.96. The van der Waals surface area contributed by atoms with Gasteiger partial charge in [-0.3, -0.25) is 10.1 Å². The first-order valence-corrected chi connectivity index (χ1v) is 11.0. The second kappa shape index (κ2) is 9.02. The fourth-order valence-electron chi connectivity index (χ4n) is 4.10. The Morgan fingerprint density at radius 2 is 1.53 bits per heavy atom. The van der Waals surface area contributed by atoms with E-state index in [1.54, 1.807) is 25.1 Å². The van der Waals surface area contributed by atoms with Gasteiger partial charge in [-0.15, -0.1) is 0 Å². The standard InChI is InChI=1S/C27H26N2O5/c1-16-12-13-23(21(14-16)24(30)29-27(2,3)25(31)32)28-26(33)34-15-22-19-10-6-4-8-17(19)18-9-5-7-11-20(18)22/h4-14,22H,15H2,1-3H3,(H,28,33)(H,29,30)(H,31,32). The SMILES string of the molecule is Cc1ccc(NC(=O)OCC2c3ccccc3-c3ccccc32)c(C(=O)NC(C)(C)C(=O)O)c1. The molecule has 7 nitrogen and oxygen atoms in total. The number of carboxylic acid groups (broad SMARTS) is 1. The molecule has 3 N–H and O–H groups in total. The number of ether oxygens (including phenoxy) is 1. The van der Waals surface area contributed by atoms with E-state index < -0.39 is 23.5 Å². The molecule has 0 radical (unpaired) electrons. The number of nitrogens with one attached hydrogen (secondary N) is 2. The van der Waals surface area contributed by atoms with Crippen molar-refractivity contribution in [2.24, 2.45) is 0 Å². The highest BCUT2D eigenvalue weighted by Gasteiger charge is 2.31. The number of aryl methyl sites for hydroxylation is 1. The number of rotatable bonds is 6. The zero-order chi connectivity index (χ0) is 24.5. The number of carbonyl (C=O) groups excluding carboxylic acids is 2. The van der Waals surface area contributed by atoms with Gasteiger partial charge in [0.2, 0.25) is 0 Å². The lowest BCUT2D eigenvalue weighted by molar-refractivity contribution is -0.143. The molecule has 0 heterocycles. The molecule has 0 aromatic heterocycles. The lowest BCUT2D eigenvalue weighted by Gasteiger charge is -2.22. The maximum absolute atomic E-state index is 12.8. The number of hydrogen-bond acceptors (Lipinski definition) is 4. The Labute approximate surface area is 197 Å². The van der Waals surface area contributed by atoms with Crippen LogP contribution < -0.4 is 10.6 Å². The predicted octanol–water partition coefficient (Wildman–Crippen LogP) is 4.95. The lowest BCUT2D eigenvalue weighted by Crippen LogP contribution is -2.49. The van der Waals surface area contributed by atoms with Crippen LogP contribution in [0.3, 0.4) is 0 Å². The quantitative estimate of drug-likeness (QED) is 0.485. The number of benzene rings is 3. The van der Waals surface area contributed by atoms with Gasteiger partial charge in [-0.05, 0) is 55.2 Å². The molecule has 174 valence electrons. The van der Waals surface area contributed by atoms with E-state index in [0.29, 0.717) is 0 Å². The third kappa shape index (κ3) is 4.50. The minimum Gasteiger partial charge on any atom is -0.480 e. The molecule has 0 unspecified atom stereocenters. The molecule has 0 spiro atoms. The molecule has 3 aromatic carbocycles. The van der Waals surface area contributed by atoms with Crippen LogP contribution in [0.2, 0.25) is 0 Å². The van der Waals surface area contributed by atoms with Crippen molar-refractivity contribution in [3.8, 4) is 11.1 Å². The summed E-state index contributed by atoms with van der Waals surface area (Å²) in [6.45, 7) is 4.72. The smallest absolute Gasteiger partial charge is 0.411 e. The van der Waals surface area contributed by atoms with Crippen LogP contribution in [0.4, 0.5) is 10.5 Å². The molecule has 7 heteroatoms. The number of anilines is 1. The molecular weight excluding hydrogens is 432 g/mol. The van der Waals surface area contributed by atoms with Crippen LogP contribution in [0.15, 0.2) is 66.7 Å². The summed E-state index contributed by atoms with van der Waals surface area (Å²) in [7, 11) is 0. The monoisotopic (exact) mass is 458 g/mol. The third-order valence-corrected chi connectivity index (χ3v) is 5.96. The van der Waals surface area contributed by atoms with Gasteiger partial charge in [0.15, 0.2) is 0 Å². The largest absolute Gasteiger partial charge is 0.480 e. The van der Waals surface area contributed by atoms with Crippen LogP contribution in [0, 0.1) is 6.92 Å². The first kappa shape index (κ1) is 23.0. The van der Waals surface area contributed by atoms with Crippen LogP contribution in [0.5, 0.6) is 0 Å². The Morgan fingerprint density at radius 3 is 2.12 bits per heavy atom. The summed E-state index contributed by atoms with van der Waals surface area (Å²) >= 11 is 0. The molecule has 0 saturated carbocycles. The van der Waals surface area contributed by atoms with Crippen molar-refractivity contribution in [1.82, 2.24) is 5.32 Å². The molecule has 0 saturated heterocycles. The van der Waals surface area contributed by atoms with Crippen LogP contribution in [0.25, 0.3) is 11.1 Å². The summed E-state index contributed by atoms with van der Waals surface area (Å²) in [4.78, 5) is 36.9. The van der Waals surface area contributed by atoms with Crippen molar-refractivity contribution in [2.45, 2.75) is 32.2 Å². The fraction of sp³-hybridized carbons (Fsp3) is 0.222. The van der Waals surface area contributed by atoms with E-state index in [4.69, 9.17) is 4.74 Å². The summed E-state index contributed by atoms with van der Waals surface area (Å²) in [5.74, 6) is -1.86. The molecule has 0 fully saturated rings. The van der Waals surface area contributed by atoms with E-state index in [0.717, 1.165) is 27.8 Å². The summed E-state index contributed by atoms with van der Waals surface area (Å²) in [6.07, 6.45) is -0.697. The molecule has 2 amide bonds. The van der Waals surface area contributed by atoms with E-state index in [1.807, 2.05) is 36.4 Å². The molecule has 4 rings (SSSR count). The van der Waals surface area contributed by atoms with Crippen molar-refractivity contribution in [3.63, 3.8) is 0 Å². The van der Waals surface area contributed by atoms with Crippen molar-refractivity contribution in [3.05, 3.63) is 89.0 Å². The number of amides is 2. The van der Waals surface area contributed by atoms with Gasteiger partial charge in [0, 0.05) is 5.92 Å². The second-order valence-corrected chi connectivity index (χ2v) is 8.88. The average molecular weight is 459 g/mol. The van der Waals surface area contributed by atoms with Gasteiger partial charge < -0.3 is 15.2 Å². The maximum Gasteiger partial charge on any atom is 0.411 e. The highest BCUT2D eigenvalue weighted by molar-refractivity contribution is 6.04. The van der Waals surface area contributed by atoms with Crippen LogP contribution >= 0.6 is 0 Å². The highest BCUT2D eigenvalue weighted by atomic mass is 16.5. The Bertz CT molecular complexity index is 1240. The van der Waals surface area contributed by atoms with Crippen LogP contribution in [0.1, 0.15) is 46.8 Å². The Balaban J connectivity index is 1.49. The zero-order valence-corrected chi connectivity index (χ0v) is 19.2. The molecule has 0 bridgehead atoms. The summed E-state index contributed by atoms with van der Waals surface area (Å²) < 4.78 is 5.57. The molecule has 0 aliphatic heterocycles. The van der Waals surface area contributed by atoms with Crippen LogP contribution in [-0.4, -0.2) is 35.2 Å². The van der Waals surface area contributed by atoms with E-state index in [2.05, 4.69) is 22.8 Å². The number of aliphatic carboxylic acids is 1. The number of hydrogen-bond donors (Lipinski definition) is 3. The summed E-state index contributed by atoms with van der Waals surface area (Å²) in [5.41, 5.74) is 4.17. The van der Waals surface area contributed by atoms with E-state index in [1.165, 1.54) is 13.8 Å². The van der Waals surface area contributed by atoms with Gasteiger partial charge in [0.1, 0.15) is 12.1 Å². The Hall–Kier alpha value is -4.13. The highest BCUT2D eigenvalue weighted by Crippen LogP contribution is 2.44. The molecule has 3 aromatic rings. The maximum atomic E-state index is 12.8. The molecule has 34 heavy (non-hydrogen) atoms. The van der Waals surface area contributed by atoms with Crippen LogP contribution in [-0.2, 0) is 9.53 Å². The topological polar surface area (TPSA) is 105 Å². The minimum atomic E-state index is -1.47. The summed E-state index contributed by atoms with van der Waals surface area (Å²) in [6, 6.07) is 21.0. The molecule has 1 aliphatic carbocycles. The summed E-state index contributed by atoms with van der Waals surface area (Å²) in [5, 5.41) is 14.4. The van der Waals surface area contributed by atoms with Crippen molar-refractivity contribution in [2.75, 3.05) is 11.9 Å². The Kier molecular flexibility index (Phi) is 6.11. The fourth-order valence-corrected chi connectivity index (χ4v) is 4.10. The van der Waals surface area contributed by atoms with Crippen molar-refractivity contribution >= 4 is 23.7 Å². The van der Waals surface area contributed by atoms with Gasteiger partial charge in [-0.2, -0.15) is 0 Å². The number of carboxylic acids is 1. The van der Waals surface area contributed by atoms with E-state index in [9.17, 15) is 19.5 Å². The Morgan fingerprint density at radius 1 is 0.941 bits per heavy atom. The van der Waals surface area contributed by atoms with Gasteiger partial charge in [-0.25, -0.2) is 9.59 Å². The van der Waals surface area contributed by atoms with E-state index >= 15 is 0 Å². The van der Waals surface area contributed by atoms with Gasteiger partial charge in [-0.1, -0.05) is 60.2 Å². The predicted molar refractivity (Wildman–Crippen MR) is 129 cm³/mol.